The van der Waals surface area contributed by atoms with Gasteiger partial charge in [0.1, 0.15) is 5.75 Å². The minimum atomic E-state index is -0.749. The number of carbonyl (C=O) groups excluding carboxylic acids is 2. The van der Waals surface area contributed by atoms with E-state index in [-0.39, 0.29) is 12.3 Å². The first-order valence-corrected chi connectivity index (χ1v) is 8.31. The van der Waals surface area contributed by atoms with Crippen LogP contribution in [0.15, 0.2) is 42.5 Å². The molecule has 25 heavy (non-hydrogen) atoms. The van der Waals surface area contributed by atoms with E-state index in [9.17, 15) is 9.59 Å². The molecular formula is C19H21ClN2O3. The number of hydrazine groups is 1. The molecule has 2 aromatic carbocycles. The molecule has 0 aromatic heterocycles. The maximum Gasteiger partial charge on any atom is 0.279 e. The Morgan fingerprint density at radius 1 is 1.08 bits per heavy atom. The minimum Gasteiger partial charge on any atom is -0.481 e. The van der Waals surface area contributed by atoms with Crippen LogP contribution in [0, 0.1) is 13.8 Å². The molecule has 6 heteroatoms. The highest BCUT2D eigenvalue weighted by Crippen LogP contribution is 2.21. The highest BCUT2D eigenvalue weighted by Gasteiger charge is 2.17. The molecule has 5 nitrogen and oxygen atoms in total. The summed E-state index contributed by atoms with van der Waals surface area (Å²) in [5, 5.41) is 0.510. The zero-order valence-corrected chi connectivity index (χ0v) is 15.2. The lowest BCUT2D eigenvalue weighted by Gasteiger charge is -2.17. The first-order valence-electron chi connectivity index (χ1n) is 7.93. The second-order valence-corrected chi connectivity index (χ2v) is 6.17. The number of hydrogen-bond acceptors (Lipinski definition) is 3. The maximum absolute atomic E-state index is 12.1. The van der Waals surface area contributed by atoms with Crippen molar-refractivity contribution in [2.75, 3.05) is 0 Å². The molecule has 2 amide bonds. The lowest BCUT2D eigenvalue weighted by atomic mass is 10.1. The van der Waals surface area contributed by atoms with Crippen molar-refractivity contribution in [3.05, 3.63) is 64.2 Å². The summed E-state index contributed by atoms with van der Waals surface area (Å²) in [4.78, 5) is 24.0. The minimum absolute atomic E-state index is 0.0756. The van der Waals surface area contributed by atoms with Crippen LogP contribution in [-0.2, 0) is 16.0 Å². The standard InChI is InChI=1S/C19H21ClN2O3/c1-12-7-6-10-17(13(12)2)25-14(3)19(24)22-21-18(23)11-15-8-4-5-9-16(15)20/h4-10,14H,11H2,1-3H3,(H,21,23)(H,22,24). The van der Waals surface area contributed by atoms with Crippen LogP contribution in [0.1, 0.15) is 23.6 Å². The molecule has 2 aromatic rings. The molecule has 0 fully saturated rings. The van der Waals surface area contributed by atoms with Crippen LogP contribution in [-0.4, -0.2) is 17.9 Å². The van der Waals surface area contributed by atoms with E-state index in [1.165, 1.54) is 0 Å². The van der Waals surface area contributed by atoms with Crippen molar-refractivity contribution in [2.24, 2.45) is 0 Å². The van der Waals surface area contributed by atoms with Crippen molar-refractivity contribution >= 4 is 23.4 Å². The molecule has 0 aliphatic carbocycles. The van der Waals surface area contributed by atoms with Crippen molar-refractivity contribution in [1.29, 1.82) is 0 Å². The molecule has 0 saturated heterocycles. The normalized spacial score (nSPS) is 11.5. The second-order valence-electron chi connectivity index (χ2n) is 5.76. The summed E-state index contributed by atoms with van der Waals surface area (Å²) in [6, 6.07) is 12.7. The summed E-state index contributed by atoms with van der Waals surface area (Å²) in [5.74, 6) is -0.154. The summed E-state index contributed by atoms with van der Waals surface area (Å²) >= 11 is 6.01. The number of carbonyl (C=O) groups is 2. The average molecular weight is 361 g/mol. The Balaban J connectivity index is 1.86. The molecule has 0 heterocycles. The average Bonchev–Trinajstić information content (AvgIpc) is 2.58. The molecule has 0 spiro atoms. The van der Waals surface area contributed by atoms with Gasteiger partial charge < -0.3 is 4.74 Å². The lowest BCUT2D eigenvalue weighted by Crippen LogP contribution is -2.47. The van der Waals surface area contributed by atoms with Crippen molar-refractivity contribution in [3.8, 4) is 5.75 Å². The van der Waals surface area contributed by atoms with E-state index >= 15 is 0 Å². The van der Waals surface area contributed by atoms with Gasteiger partial charge in [-0.1, -0.05) is 41.9 Å². The molecule has 0 bridgehead atoms. The molecule has 2 N–H and O–H groups in total. The Hall–Kier alpha value is -2.53. The fraction of sp³-hybridized carbons (Fsp3) is 0.263. The van der Waals surface area contributed by atoms with Crippen molar-refractivity contribution in [3.63, 3.8) is 0 Å². The number of rotatable bonds is 5. The third kappa shape index (κ3) is 5.22. The van der Waals surface area contributed by atoms with Gasteiger partial charge in [-0.3, -0.25) is 20.4 Å². The van der Waals surface area contributed by atoms with Crippen LogP contribution in [0.2, 0.25) is 5.02 Å². The third-order valence-electron chi connectivity index (χ3n) is 3.86. The number of amides is 2. The smallest absolute Gasteiger partial charge is 0.279 e. The second kappa shape index (κ2) is 8.53. The van der Waals surface area contributed by atoms with Crippen molar-refractivity contribution in [1.82, 2.24) is 10.9 Å². The van der Waals surface area contributed by atoms with Gasteiger partial charge in [-0.15, -0.1) is 0 Å². The van der Waals surface area contributed by atoms with E-state index in [2.05, 4.69) is 10.9 Å². The molecule has 0 aliphatic rings. The highest BCUT2D eigenvalue weighted by atomic mass is 35.5. The fourth-order valence-electron chi connectivity index (χ4n) is 2.19. The van der Waals surface area contributed by atoms with Gasteiger partial charge in [-0.2, -0.15) is 0 Å². The summed E-state index contributed by atoms with van der Waals surface area (Å²) in [6.45, 7) is 5.53. The van der Waals surface area contributed by atoms with Crippen LogP contribution >= 0.6 is 11.6 Å². The van der Waals surface area contributed by atoms with Crippen LogP contribution in [0.3, 0.4) is 0 Å². The maximum atomic E-state index is 12.1. The quantitative estimate of drug-likeness (QED) is 0.805. The van der Waals surface area contributed by atoms with E-state index in [0.717, 1.165) is 11.1 Å². The van der Waals surface area contributed by atoms with Gasteiger partial charge in [0.05, 0.1) is 6.42 Å². The number of halogens is 1. The molecule has 1 atom stereocenters. The zero-order valence-electron chi connectivity index (χ0n) is 14.4. The molecule has 1 unspecified atom stereocenters. The predicted octanol–water partition coefficient (Wildman–Crippen LogP) is 3.11. The Kier molecular flexibility index (Phi) is 6.42. The predicted molar refractivity (Wildman–Crippen MR) is 97.4 cm³/mol. The number of nitrogens with one attached hydrogen (secondary N) is 2. The lowest BCUT2D eigenvalue weighted by molar-refractivity contribution is -0.132. The van der Waals surface area contributed by atoms with Gasteiger partial charge in [0, 0.05) is 5.02 Å². The van der Waals surface area contributed by atoms with Gasteiger partial charge in [-0.25, -0.2) is 0 Å². The van der Waals surface area contributed by atoms with Gasteiger partial charge in [0.15, 0.2) is 6.10 Å². The molecule has 132 valence electrons. The monoisotopic (exact) mass is 360 g/mol. The fourth-order valence-corrected chi connectivity index (χ4v) is 2.39. The molecule has 0 saturated carbocycles. The van der Waals surface area contributed by atoms with Crippen molar-refractivity contribution < 1.29 is 14.3 Å². The Morgan fingerprint density at radius 3 is 2.52 bits per heavy atom. The zero-order chi connectivity index (χ0) is 18.4. The largest absolute Gasteiger partial charge is 0.481 e. The van der Waals surface area contributed by atoms with Gasteiger partial charge in [0.25, 0.3) is 5.91 Å². The Bertz CT molecular complexity index is 777. The van der Waals surface area contributed by atoms with E-state index in [1.54, 1.807) is 31.2 Å². The number of ether oxygens (including phenoxy) is 1. The van der Waals surface area contributed by atoms with Crippen LogP contribution in [0.25, 0.3) is 0 Å². The molecule has 0 radical (unpaired) electrons. The molecule has 2 rings (SSSR count). The van der Waals surface area contributed by atoms with Crippen LogP contribution in [0.4, 0.5) is 0 Å². The van der Waals surface area contributed by atoms with Crippen molar-refractivity contribution in [2.45, 2.75) is 33.3 Å². The van der Waals surface area contributed by atoms with Gasteiger partial charge >= 0.3 is 0 Å². The number of aryl methyl sites for hydroxylation is 1. The SMILES string of the molecule is Cc1cccc(OC(C)C(=O)NNC(=O)Cc2ccccc2Cl)c1C. The van der Waals surface area contributed by atoms with Crippen LogP contribution in [0.5, 0.6) is 5.75 Å². The van der Waals surface area contributed by atoms with E-state index < -0.39 is 12.0 Å². The van der Waals surface area contributed by atoms with E-state index in [4.69, 9.17) is 16.3 Å². The Labute approximate surface area is 152 Å². The molecule has 0 aliphatic heterocycles. The number of hydrogen-bond donors (Lipinski definition) is 2. The van der Waals surface area contributed by atoms with Gasteiger partial charge in [-0.05, 0) is 49.6 Å². The highest BCUT2D eigenvalue weighted by molar-refractivity contribution is 6.31. The van der Waals surface area contributed by atoms with Gasteiger partial charge in [0.2, 0.25) is 5.91 Å². The van der Waals surface area contributed by atoms with E-state index in [1.807, 2.05) is 32.0 Å². The number of benzene rings is 2. The summed E-state index contributed by atoms with van der Waals surface area (Å²) < 4.78 is 5.67. The van der Waals surface area contributed by atoms with E-state index in [0.29, 0.717) is 16.3 Å². The third-order valence-corrected chi connectivity index (χ3v) is 4.23. The topological polar surface area (TPSA) is 67.4 Å². The molecular weight excluding hydrogens is 340 g/mol. The summed E-state index contributed by atoms with van der Waals surface area (Å²) in [7, 11) is 0. The summed E-state index contributed by atoms with van der Waals surface area (Å²) in [6.07, 6.45) is -0.673. The first kappa shape index (κ1) is 18.8. The summed E-state index contributed by atoms with van der Waals surface area (Å²) in [5.41, 5.74) is 7.49. The van der Waals surface area contributed by atoms with Crippen LogP contribution < -0.4 is 15.6 Å². The Morgan fingerprint density at radius 2 is 1.80 bits per heavy atom. The first-order chi connectivity index (χ1) is 11.9.